The molecule has 0 spiro atoms. The lowest BCUT2D eigenvalue weighted by atomic mass is 10.0. The number of nitrogens with one attached hydrogen (secondary N) is 2. The molecular formula is C22H24N4O6. The van der Waals surface area contributed by atoms with Gasteiger partial charge in [0, 0.05) is 38.0 Å². The number of fused-ring (bicyclic) bond motifs is 1. The van der Waals surface area contributed by atoms with Gasteiger partial charge in [-0.2, -0.15) is 0 Å². The molecule has 10 nitrogen and oxygen atoms in total. The molecule has 2 saturated heterocycles. The fraction of sp³-hybridized carbons (Fsp3) is 0.455. The van der Waals surface area contributed by atoms with Crippen molar-refractivity contribution >= 4 is 35.4 Å². The summed E-state index contributed by atoms with van der Waals surface area (Å²) in [5.74, 6) is -2.89. The Labute approximate surface area is 184 Å². The molecule has 4 rings (SSSR count). The maximum absolute atomic E-state index is 12.8. The molecule has 3 aliphatic rings. The zero-order chi connectivity index (χ0) is 22.8. The summed E-state index contributed by atoms with van der Waals surface area (Å²) in [7, 11) is 0. The highest BCUT2D eigenvalue weighted by Gasteiger charge is 2.44. The van der Waals surface area contributed by atoms with Crippen LogP contribution in [-0.4, -0.2) is 70.9 Å². The van der Waals surface area contributed by atoms with E-state index in [0.717, 1.165) is 37.3 Å². The van der Waals surface area contributed by atoms with Crippen LogP contribution in [0.25, 0.3) is 0 Å². The Balaban J connectivity index is 1.39. The first-order chi connectivity index (χ1) is 15.4. The molecule has 2 fully saturated rings. The number of piperidine rings is 2. The Morgan fingerprint density at radius 2 is 1.72 bits per heavy atom. The molecule has 3 heterocycles. The van der Waals surface area contributed by atoms with Crippen LogP contribution in [-0.2, 0) is 14.4 Å². The fourth-order valence-corrected chi connectivity index (χ4v) is 4.30. The zero-order valence-electron chi connectivity index (χ0n) is 17.5. The van der Waals surface area contributed by atoms with Gasteiger partial charge in [0.2, 0.25) is 17.7 Å². The lowest BCUT2D eigenvalue weighted by Crippen LogP contribution is -2.54. The van der Waals surface area contributed by atoms with Crippen molar-refractivity contribution in [2.75, 3.05) is 19.6 Å². The third kappa shape index (κ3) is 4.12. The molecule has 0 aliphatic carbocycles. The van der Waals surface area contributed by atoms with E-state index in [0.29, 0.717) is 0 Å². The second-order valence-electron chi connectivity index (χ2n) is 8.15. The van der Waals surface area contributed by atoms with E-state index in [1.165, 1.54) is 18.2 Å². The molecule has 1 atom stereocenters. The van der Waals surface area contributed by atoms with Gasteiger partial charge in [0.05, 0.1) is 11.1 Å². The topological polar surface area (TPSA) is 133 Å². The summed E-state index contributed by atoms with van der Waals surface area (Å²) < 4.78 is 0. The van der Waals surface area contributed by atoms with Crippen molar-refractivity contribution in [1.29, 1.82) is 0 Å². The van der Waals surface area contributed by atoms with E-state index >= 15 is 0 Å². The second-order valence-corrected chi connectivity index (χ2v) is 8.15. The van der Waals surface area contributed by atoms with Gasteiger partial charge < -0.3 is 10.2 Å². The third-order valence-corrected chi connectivity index (χ3v) is 6.04. The first-order valence-corrected chi connectivity index (χ1v) is 10.8. The van der Waals surface area contributed by atoms with Crippen LogP contribution in [0.3, 0.4) is 0 Å². The van der Waals surface area contributed by atoms with Crippen LogP contribution >= 0.6 is 0 Å². The Hall–Kier alpha value is -3.56. The van der Waals surface area contributed by atoms with Crippen LogP contribution < -0.4 is 10.6 Å². The minimum atomic E-state index is -1.06. The lowest BCUT2D eigenvalue weighted by Gasteiger charge is -2.27. The molecule has 2 N–H and O–H groups in total. The Morgan fingerprint density at radius 1 is 1.00 bits per heavy atom. The van der Waals surface area contributed by atoms with E-state index in [9.17, 15) is 28.8 Å². The fourth-order valence-electron chi connectivity index (χ4n) is 4.30. The van der Waals surface area contributed by atoms with Crippen LogP contribution in [0.1, 0.15) is 69.6 Å². The average molecular weight is 440 g/mol. The second kappa shape index (κ2) is 8.89. The van der Waals surface area contributed by atoms with Gasteiger partial charge in [-0.1, -0.05) is 0 Å². The number of carbonyl (C=O) groups is 6. The van der Waals surface area contributed by atoms with Crippen LogP contribution in [0.2, 0.25) is 0 Å². The molecule has 0 aromatic heterocycles. The Bertz CT molecular complexity index is 1010. The maximum Gasteiger partial charge on any atom is 0.262 e. The van der Waals surface area contributed by atoms with Crippen LogP contribution in [0, 0.1) is 0 Å². The van der Waals surface area contributed by atoms with Crippen LogP contribution in [0.5, 0.6) is 0 Å². The number of hydrogen-bond acceptors (Lipinski definition) is 6. The zero-order valence-corrected chi connectivity index (χ0v) is 17.5. The number of imide groups is 2. The number of benzene rings is 1. The van der Waals surface area contributed by atoms with Gasteiger partial charge in [0.1, 0.15) is 6.04 Å². The molecule has 1 aromatic rings. The minimum absolute atomic E-state index is 0.000361. The first-order valence-electron chi connectivity index (χ1n) is 10.8. The van der Waals surface area contributed by atoms with Crippen molar-refractivity contribution in [3.63, 3.8) is 0 Å². The molecular weight excluding hydrogens is 416 g/mol. The molecule has 0 bridgehead atoms. The van der Waals surface area contributed by atoms with Crippen molar-refractivity contribution in [2.24, 2.45) is 0 Å². The van der Waals surface area contributed by atoms with E-state index in [-0.39, 0.29) is 48.4 Å². The molecule has 10 heteroatoms. The number of amides is 6. The highest BCUT2D eigenvalue weighted by Crippen LogP contribution is 2.28. The van der Waals surface area contributed by atoms with E-state index < -0.39 is 35.6 Å². The molecule has 0 radical (unpaired) electrons. The molecule has 168 valence electrons. The van der Waals surface area contributed by atoms with Crippen LogP contribution in [0.15, 0.2) is 18.2 Å². The van der Waals surface area contributed by atoms with Crippen molar-refractivity contribution in [2.45, 2.75) is 44.6 Å². The van der Waals surface area contributed by atoms with Gasteiger partial charge in [-0.15, -0.1) is 0 Å². The Kier molecular flexibility index (Phi) is 6.02. The molecule has 32 heavy (non-hydrogen) atoms. The number of likely N-dealkylation sites (tertiary alicyclic amines) is 1. The van der Waals surface area contributed by atoms with E-state index in [4.69, 9.17) is 0 Å². The summed E-state index contributed by atoms with van der Waals surface area (Å²) >= 11 is 0. The predicted octanol–water partition coefficient (Wildman–Crippen LogP) is 0.220. The Morgan fingerprint density at radius 3 is 2.44 bits per heavy atom. The molecule has 6 amide bonds. The molecule has 1 unspecified atom stereocenters. The van der Waals surface area contributed by atoms with Gasteiger partial charge in [0.15, 0.2) is 0 Å². The standard InChI is InChI=1S/C22H24N4O6/c27-17-7-6-16(20(30)24-17)26-21(31)14-5-4-13(12-15(14)22(26)32)19(29)23-9-8-18(28)25-10-2-1-3-11-25/h4-5,12,16H,1-3,6-11H2,(H,23,29)(H,24,27,30). The first kappa shape index (κ1) is 21.7. The smallest absolute Gasteiger partial charge is 0.262 e. The average Bonchev–Trinajstić information content (AvgIpc) is 3.04. The largest absolute Gasteiger partial charge is 0.352 e. The number of rotatable bonds is 5. The van der Waals surface area contributed by atoms with Crippen molar-refractivity contribution in [1.82, 2.24) is 20.4 Å². The monoisotopic (exact) mass is 440 g/mol. The van der Waals surface area contributed by atoms with Gasteiger partial charge in [0.25, 0.3) is 17.7 Å². The van der Waals surface area contributed by atoms with E-state index in [2.05, 4.69) is 10.6 Å². The quantitative estimate of drug-likeness (QED) is 0.630. The van der Waals surface area contributed by atoms with Gasteiger partial charge >= 0.3 is 0 Å². The minimum Gasteiger partial charge on any atom is -0.352 e. The summed E-state index contributed by atoms with van der Waals surface area (Å²) in [5, 5.41) is 4.82. The lowest BCUT2D eigenvalue weighted by molar-refractivity contribution is -0.136. The van der Waals surface area contributed by atoms with Crippen LogP contribution in [0.4, 0.5) is 0 Å². The molecule has 1 aromatic carbocycles. The van der Waals surface area contributed by atoms with Gasteiger partial charge in [-0.05, 0) is 43.9 Å². The summed E-state index contributed by atoms with van der Waals surface area (Å²) in [5.41, 5.74) is 0.328. The number of nitrogens with zero attached hydrogens (tertiary/aromatic N) is 2. The SMILES string of the molecule is O=C1CCC(N2C(=O)c3ccc(C(=O)NCCC(=O)N4CCCCC4)cc3C2=O)C(=O)N1. The van der Waals surface area contributed by atoms with Crippen molar-refractivity contribution in [3.8, 4) is 0 Å². The number of carbonyl (C=O) groups excluding carboxylic acids is 6. The molecule has 0 saturated carbocycles. The van der Waals surface area contributed by atoms with Crippen molar-refractivity contribution in [3.05, 3.63) is 34.9 Å². The highest BCUT2D eigenvalue weighted by atomic mass is 16.2. The van der Waals surface area contributed by atoms with E-state index in [1.807, 2.05) is 0 Å². The summed E-state index contributed by atoms with van der Waals surface area (Å²) in [6, 6.07) is 3.08. The van der Waals surface area contributed by atoms with Gasteiger partial charge in [-0.3, -0.25) is 39.0 Å². The molecule has 3 aliphatic heterocycles. The summed E-state index contributed by atoms with van der Waals surface area (Å²) in [6.45, 7) is 1.66. The summed E-state index contributed by atoms with van der Waals surface area (Å²) in [6.07, 6.45) is 3.41. The van der Waals surface area contributed by atoms with E-state index in [1.54, 1.807) is 4.90 Å². The number of hydrogen-bond donors (Lipinski definition) is 2. The van der Waals surface area contributed by atoms with Gasteiger partial charge in [-0.25, -0.2) is 0 Å². The summed E-state index contributed by atoms with van der Waals surface area (Å²) in [4.78, 5) is 76.4. The highest BCUT2D eigenvalue weighted by molar-refractivity contribution is 6.24. The normalized spacial score (nSPS) is 20.8. The predicted molar refractivity (Wildman–Crippen MR) is 110 cm³/mol. The van der Waals surface area contributed by atoms with Crippen molar-refractivity contribution < 1.29 is 28.8 Å². The maximum atomic E-state index is 12.8. The third-order valence-electron chi connectivity index (χ3n) is 6.04.